The summed E-state index contributed by atoms with van der Waals surface area (Å²) in [6.07, 6.45) is -2.47. The van der Waals surface area contributed by atoms with E-state index >= 15 is 0 Å². The van der Waals surface area contributed by atoms with Gasteiger partial charge in [0.1, 0.15) is 41.9 Å². The highest BCUT2D eigenvalue weighted by molar-refractivity contribution is 6.31. The van der Waals surface area contributed by atoms with E-state index in [0.717, 1.165) is 41.0 Å². The smallest absolute Gasteiger partial charge is 0.124 e. The largest absolute Gasteiger partial charge is 0.488 e. The van der Waals surface area contributed by atoms with Gasteiger partial charge in [-0.3, -0.25) is 0 Å². The van der Waals surface area contributed by atoms with Gasteiger partial charge in [0.05, 0.1) is 19.8 Å². The van der Waals surface area contributed by atoms with Crippen LogP contribution in [0.15, 0.2) is 36.4 Å². The Bertz CT molecular complexity index is 989. The molecule has 3 aliphatic rings. The minimum absolute atomic E-state index is 0.0942. The van der Waals surface area contributed by atoms with E-state index in [-0.39, 0.29) is 6.10 Å². The van der Waals surface area contributed by atoms with Crippen molar-refractivity contribution in [3.05, 3.63) is 63.7 Å². The van der Waals surface area contributed by atoms with Crippen LogP contribution in [0.4, 0.5) is 0 Å². The number of rotatable bonds is 5. The van der Waals surface area contributed by atoms with Gasteiger partial charge >= 0.3 is 0 Å². The van der Waals surface area contributed by atoms with E-state index in [9.17, 15) is 20.4 Å². The molecule has 0 radical (unpaired) electrons. The highest BCUT2D eigenvalue weighted by atomic mass is 35.5. The fraction of sp³-hybridized carbons (Fsp3) is 0.520. The molecular formula is C25H29ClO7. The van der Waals surface area contributed by atoms with Crippen molar-refractivity contribution >= 4 is 11.6 Å². The molecule has 2 fully saturated rings. The van der Waals surface area contributed by atoms with Gasteiger partial charge in [0.2, 0.25) is 0 Å². The average Bonchev–Trinajstić information content (AvgIpc) is 3.45. The van der Waals surface area contributed by atoms with E-state index < -0.39 is 36.6 Å². The van der Waals surface area contributed by atoms with Crippen LogP contribution in [0, 0.1) is 0 Å². The number of benzene rings is 2. The molecule has 1 aliphatic carbocycles. The zero-order chi connectivity index (χ0) is 23.2. The van der Waals surface area contributed by atoms with Crippen LogP contribution < -0.4 is 4.74 Å². The zero-order valence-corrected chi connectivity index (χ0v) is 18.9. The number of hydrogen-bond donors (Lipinski definition) is 4. The molecule has 0 unspecified atom stereocenters. The topological polar surface area (TPSA) is 109 Å². The van der Waals surface area contributed by atoms with E-state index in [2.05, 4.69) is 0 Å². The summed E-state index contributed by atoms with van der Waals surface area (Å²) in [6.45, 7) is 0.892. The Labute approximate surface area is 197 Å². The predicted octanol–water partition coefficient (Wildman–Crippen LogP) is 1.71. The van der Waals surface area contributed by atoms with E-state index in [1.54, 1.807) is 0 Å². The molecule has 0 saturated carbocycles. The first-order valence-electron chi connectivity index (χ1n) is 11.4. The van der Waals surface area contributed by atoms with Crippen molar-refractivity contribution in [3.63, 3.8) is 0 Å². The lowest BCUT2D eigenvalue weighted by atomic mass is 9.80. The SMILES string of the molecule is OC[C@H]1O[C@]2(CCc3cc(Cl)c(Cc4ccc(O[C@H]5CCOC5)cc4)cc32)[C@H](O)[C@@H](O)[C@@H]1O. The Kier molecular flexibility index (Phi) is 6.39. The van der Waals surface area contributed by atoms with Crippen LogP contribution in [-0.4, -0.2) is 70.8 Å². The first-order valence-corrected chi connectivity index (χ1v) is 11.8. The van der Waals surface area contributed by atoms with Gasteiger partial charge in [0, 0.05) is 11.4 Å². The van der Waals surface area contributed by atoms with Crippen LogP contribution in [0.25, 0.3) is 0 Å². The summed E-state index contributed by atoms with van der Waals surface area (Å²) < 4.78 is 17.3. The third kappa shape index (κ3) is 4.17. The first-order chi connectivity index (χ1) is 15.9. The Morgan fingerprint density at radius 3 is 2.58 bits per heavy atom. The van der Waals surface area contributed by atoms with E-state index in [4.69, 9.17) is 25.8 Å². The summed E-state index contributed by atoms with van der Waals surface area (Å²) in [5.74, 6) is 0.801. The van der Waals surface area contributed by atoms with Crippen molar-refractivity contribution in [2.24, 2.45) is 0 Å². The summed E-state index contributed by atoms with van der Waals surface area (Å²) in [5, 5.41) is 41.8. The number of ether oxygens (including phenoxy) is 3. The van der Waals surface area contributed by atoms with Crippen molar-refractivity contribution in [1.29, 1.82) is 0 Å². The molecule has 8 heteroatoms. The minimum Gasteiger partial charge on any atom is -0.488 e. The fourth-order valence-electron chi connectivity index (χ4n) is 5.22. The second-order valence-corrected chi connectivity index (χ2v) is 9.59. The molecule has 33 heavy (non-hydrogen) atoms. The van der Waals surface area contributed by atoms with Crippen LogP contribution in [0.5, 0.6) is 5.75 Å². The van der Waals surface area contributed by atoms with Crippen LogP contribution >= 0.6 is 11.6 Å². The Balaban J connectivity index is 1.40. The normalized spacial score (nSPS) is 33.4. The molecular weight excluding hydrogens is 448 g/mol. The average molecular weight is 477 g/mol. The van der Waals surface area contributed by atoms with Gasteiger partial charge in [-0.1, -0.05) is 29.8 Å². The quantitative estimate of drug-likeness (QED) is 0.520. The molecule has 1 spiro atoms. The third-order valence-corrected chi connectivity index (χ3v) is 7.43. The molecule has 0 aromatic heterocycles. The van der Waals surface area contributed by atoms with Gasteiger partial charge < -0.3 is 34.6 Å². The molecule has 2 aliphatic heterocycles. The van der Waals surface area contributed by atoms with Crippen LogP contribution in [0.2, 0.25) is 5.02 Å². The van der Waals surface area contributed by atoms with E-state index in [0.29, 0.717) is 30.9 Å². The van der Waals surface area contributed by atoms with Gasteiger partial charge in [0.25, 0.3) is 0 Å². The maximum atomic E-state index is 10.9. The van der Waals surface area contributed by atoms with Gasteiger partial charge in [-0.25, -0.2) is 0 Å². The second-order valence-electron chi connectivity index (χ2n) is 9.18. The monoisotopic (exact) mass is 476 g/mol. The molecule has 2 saturated heterocycles. The molecule has 5 rings (SSSR count). The summed E-state index contributed by atoms with van der Waals surface area (Å²) in [7, 11) is 0. The molecule has 0 amide bonds. The number of aryl methyl sites for hydroxylation is 1. The summed E-state index contributed by atoms with van der Waals surface area (Å²) in [5.41, 5.74) is 2.41. The summed E-state index contributed by atoms with van der Waals surface area (Å²) in [4.78, 5) is 0. The summed E-state index contributed by atoms with van der Waals surface area (Å²) >= 11 is 6.60. The lowest BCUT2D eigenvalue weighted by Gasteiger charge is -2.47. The van der Waals surface area contributed by atoms with Crippen molar-refractivity contribution in [2.45, 2.75) is 61.8 Å². The van der Waals surface area contributed by atoms with Crippen LogP contribution in [0.1, 0.15) is 35.1 Å². The predicted molar refractivity (Wildman–Crippen MR) is 121 cm³/mol. The number of aliphatic hydroxyl groups is 4. The Hall–Kier alpha value is -1.71. The van der Waals surface area contributed by atoms with Crippen LogP contribution in [-0.2, 0) is 27.9 Å². The number of fused-ring (bicyclic) bond motifs is 2. The highest BCUT2D eigenvalue weighted by Crippen LogP contribution is 2.49. The first kappa shape index (κ1) is 23.1. The molecule has 178 valence electrons. The molecule has 6 atom stereocenters. The lowest BCUT2D eigenvalue weighted by Crippen LogP contribution is -2.62. The van der Waals surface area contributed by atoms with Crippen LogP contribution in [0.3, 0.4) is 0 Å². The lowest BCUT2D eigenvalue weighted by molar-refractivity contribution is -0.278. The minimum atomic E-state index is -1.42. The standard InChI is InChI=1S/C25H29ClO7/c26-20-11-15-5-7-25(24(30)23(29)22(28)21(12-27)33-25)19(15)10-16(20)9-14-1-3-17(4-2-14)32-18-6-8-31-13-18/h1-4,10-11,18,21-24,27-30H,5-9,12-13H2/t18-,21+,22+,23-,24+,25-/m0/s1. The number of halogens is 1. The maximum Gasteiger partial charge on any atom is 0.124 e. The molecule has 2 aromatic carbocycles. The van der Waals surface area contributed by atoms with Crippen molar-refractivity contribution < 1.29 is 34.6 Å². The van der Waals surface area contributed by atoms with Gasteiger partial charge in [-0.15, -0.1) is 0 Å². The van der Waals surface area contributed by atoms with Crippen molar-refractivity contribution in [3.8, 4) is 5.75 Å². The maximum absolute atomic E-state index is 10.9. The van der Waals surface area contributed by atoms with Gasteiger partial charge in [0.15, 0.2) is 0 Å². The number of aliphatic hydroxyl groups excluding tert-OH is 4. The molecule has 2 aromatic rings. The van der Waals surface area contributed by atoms with E-state index in [1.807, 2.05) is 36.4 Å². The highest BCUT2D eigenvalue weighted by Gasteiger charge is 2.56. The summed E-state index contributed by atoms with van der Waals surface area (Å²) in [6, 6.07) is 11.7. The zero-order valence-electron chi connectivity index (χ0n) is 18.2. The molecule has 0 bridgehead atoms. The van der Waals surface area contributed by atoms with Gasteiger partial charge in [-0.2, -0.15) is 0 Å². The fourth-order valence-corrected chi connectivity index (χ4v) is 5.47. The van der Waals surface area contributed by atoms with Gasteiger partial charge in [-0.05, 0) is 59.7 Å². The Morgan fingerprint density at radius 1 is 1.09 bits per heavy atom. The molecule has 2 heterocycles. The molecule has 7 nitrogen and oxygen atoms in total. The molecule has 4 N–H and O–H groups in total. The van der Waals surface area contributed by atoms with Crippen molar-refractivity contribution in [2.75, 3.05) is 19.8 Å². The Morgan fingerprint density at radius 2 is 1.88 bits per heavy atom. The van der Waals surface area contributed by atoms with Crippen molar-refractivity contribution in [1.82, 2.24) is 0 Å². The van der Waals surface area contributed by atoms with E-state index in [1.165, 1.54) is 0 Å². The number of hydrogen-bond acceptors (Lipinski definition) is 7. The second kappa shape index (κ2) is 9.15. The third-order valence-electron chi connectivity index (χ3n) is 7.08.